The maximum atomic E-state index is 5.16. The molecule has 18 aliphatic carbocycles. The van der Waals surface area contributed by atoms with Gasteiger partial charge in [0.2, 0.25) is 0 Å². The summed E-state index contributed by atoms with van der Waals surface area (Å²) < 4.78 is 5.16. The van der Waals surface area contributed by atoms with E-state index in [0.717, 1.165) is 83.6 Å². The van der Waals surface area contributed by atoms with Gasteiger partial charge in [-0.05, 0) is 321 Å². The van der Waals surface area contributed by atoms with Crippen LogP contribution in [0, 0.1) is 75.8 Å². The molecule has 0 bridgehead atoms. The quantitative estimate of drug-likeness (QED) is 0.116. The van der Waals surface area contributed by atoms with Crippen molar-refractivity contribution in [2.75, 3.05) is 131 Å². The van der Waals surface area contributed by atoms with Gasteiger partial charge in [0.25, 0.3) is 0 Å². The lowest BCUT2D eigenvalue weighted by atomic mass is 9.61. The molecule has 18 saturated carbocycles. The van der Waals surface area contributed by atoms with Gasteiger partial charge in [-0.3, -0.25) is 0 Å². The SMILES string of the molecule is C1CC2(C1)CNC2.C1CC2(C1)CNC2.C1CC2(C1)CNC2.C1CCC2(C1)CC2.C1CCC2(C1)CCC2.C1CCC2(C1)CNC2.C1CCC2(C1)CNC2.C1CCC2(C1)CNC2.C1CCC2(C1)CNC2.C1CCC2(C1)COC2.C1CCC2(CC1)CC2.C1CCC2(CC1)CCC2.C1CCC2(CC1)CNC2.C1CNCC2(C1)CCC2. The second kappa shape index (κ2) is 39.6. The Hall–Kier alpha value is -0.400. The summed E-state index contributed by atoms with van der Waals surface area (Å²) in [5.41, 5.74) is 11.7. The fourth-order valence-electron chi connectivity index (χ4n) is 27.0. The van der Waals surface area contributed by atoms with Gasteiger partial charge in [-0.25, -0.2) is 0 Å². The molecule has 10 heteroatoms. The Morgan fingerprint density at radius 1 is 0.108 bits per heavy atom. The zero-order valence-corrected chi connectivity index (χ0v) is 73.4. The number of hydrogen-bond acceptors (Lipinski definition) is 10. The highest BCUT2D eigenvalue weighted by atomic mass is 16.5. The highest BCUT2D eigenvalue weighted by Gasteiger charge is 2.49. The summed E-state index contributed by atoms with van der Waals surface area (Å²) in [5.74, 6) is 0. The molecule has 28 fully saturated rings. The van der Waals surface area contributed by atoms with Gasteiger partial charge in [-0.2, -0.15) is 0 Å². The summed E-state index contributed by atoms with van der Waals surface area (Å²) in [6.07, 6.45) is 101. The first-order valence-electron chi connectivity index (χ1n) is 51.2. The summed E-state index contributed by atoms with van der Waals surface area (Å²) in [7, 11) is 0. The van der Waals surface area contributed by atoms with E-state index < -0.39 is 0 Å². The third-order valence-electron chi connectivity index (χ3n) is 38.2. The van der Waals surface area contributed by atoms with Gasteiger partial charge in [0, 0.05) is 117 Å². The number of piperidine rings is 1. The van der Waals surface area contributed by atoms with Gasteiger partial charge in [0.1, 0.15) is 0 Å². The number of nitrogens with one attached hydrogen (secondary N) is 9. The molecule has 10 nitrogen and oxygen atoms in total. The molecule has 28 aliphatic rings. The Morgan fingerprint density at radius 2 is 0.252 bits per heavy atom. The van der Waals surface area contributed by atoms with Crippen molar-refractivity contribution in [2.45, 2.75) is 430 Å². The van der Waals surface area contributed by atoms with Crippen molar-refractivity contribution in [3.05, 3.63) is 0 Å². The van der Waals surface area contributed by atoms with E-state index in [1.165, 1.54) is 445 Å². The van der Waals surface area contributed by atoms with E-state index in [9.17, 15) is 0 Å². The summed E-state index contributed by atoms with van der Waals surface area (Å²) in [5, 5.41) is 30.1. The van der Waals surface area contributed by atoms with Crippen LogP contribution in [0.2, 0.25) is 0 Å². The number of hydrogen-bond donors (Lipinski definition) is 9. The van der Waals surface area contributed by atoms with E-state index in [1.54, 1.807) is 103 Å². The second-order valence-electron chi connectivity index (χ2n) is 46.9. The second-order valence-corrected chi connectivity index (χ2v) is 46.9. The van der Waals surface area contributed by atoms with Gasteiger partial charge in [0.15, 0.2) is 0 Å². The Bertz CT molecular complexity index is 2210. The molecule has 14 spiro atoms. The van der Waals surface area contributed by atoms with Crippen molar-refractivity contribution in [3.63, 3.8) is 0 Å². The van der Waals surface area contributed by atoms with Crippen LogP contribution in [-0.2, 0) is 4.74 Å². The van der Waals surface area contributed by atoms with Gasteiger partial charge in [-0.1, -0.05) is 186 Å². The molecule has 10 aliphatic heterocycles. The van der Waals surface area contributed by atoms with Crippen molar-refractivity contribution in [3.8, 4) is 0 Å². The molecule has 0 aromatic heterocycles. The van der Waals surface area contributed by atoms with Crippen LogP contribution in [0.25, 0.3) is 0 Å². The average molecular weight is 1540 g/mol. The predicted molar refractivity (Wildman–Crippen MR) is 470 cm³/mol. The van der Waals surface area contributed by atoms with E-state index >= 15 is 0 Å². The highest BCUT2D eigenvalue weighted by molar-refractivity contribution is 5.04. The van der Waals surface area contributed by atoms with Crippen LogP contribution < -0.4 is 47.9 Å². The van der Waals surface area contributed by atoms with E-state index in [-0.39, 0.29) is 0 Å². The molecule has 0 aromatic rings. The Labute approximate surface area is 685 Å². The first kappa shape index (κ1) is 85.6. The fourth-order valence-corrected chi connectivity index (χ4v) is 27.0. The van der Waals surface area contributed by atoms with Crippen molar-refractivity contribution in [2.24, 2.45) is 75.8 Å². The van der Waals surface area contributed by atoms with Gasteiger partial charge < -0.3 is 52.6 Å². The molecule has 28 rings (SSSR count). The minimum Gasteiger partial charge on any atom is -0.380 e. The van der Waals surface area contributed by atoms with Crippen molar-refractivity contribution in [1.82, 2.24) is 47.9 Å². The van der Waals surface area contributed by atoms with E-state index in [2.05, 4.69) is 47.9 Å². The van der Waals surface area contributed by atoms with Crippen LogP contribution in [0.3, 0.4) is 0 Å². The van der Waals surface area contributed by atoms with Crippen LogP contribution in [0.15, 0.2) is 0 Å². The molecule has 10 saturated heterocycles. The summed E-state index contributed by atoms with van der Waals surface area (Å²) >= 11 is 0. The summed E-state index contributed by atoms with van der Waals surface area (Å²) in [4.78, 5) is 0. The zero-order valence-electron chi connectivity index (χ0n) is 73.4. The Morgan fingerprint density at radius 3 is 0.342 bits per heavy atom. The molecule has 9 N–H and O–H groups in total. The summed E-state index contributed by atoms with van der Waals surface area (Å²) in [6.45, 7) is 25.7. The van der Waals surface area contributed by atoms with Crippen LogP contribution >= 0.6 is 0 Å². The van der Waals surface area contributed by atoms with Crippen LogP contribution in [-0.4, -0.2) is 131 Å². The lowest BCUT2D eigenvalue weighted by Gasteiger charge is -2.49. The number of ether oxygens (including phenoxy) is 1. The molecule has 111 heavy (non-hydrogen) atoms. The van der Waals surface area contributed by atoms with Crippen LogP contribution in [0.1, 0.15) is 430 Å². The first-order chi connectivity index (χ1) is 54.3. The summed E-state index contributed by atoms with van der Waals surface area (Å²) in [6, 6.07) is 0. The van der Waals surface area contributed by atoms with Crippen molar-refractivity contribution >= 4 is 0 Å². The smallest absolute Gasteiger partial charge is 0.0544 e. The van der Waals surface area contributed by atoms with E-state index in [4.69, 9.17) is 4.74 Å². The molecular formula is C101H183N9O. The van der Waals surface area contributed by atoms with Crippen LogP contribution in [0.5, 0.6) is 0 Å². The lowest BCUT2D eigenvalue weighted by molar-refractivity contribution is -0.108. The van der Waals surface area contributed by atoms with E-state index in [1.807, 2.05) is 0 Å². The fraction of sp³-hybridized carbons (Fsp3) is 1.00. The maximum Gasteiger partial charge on any atom is 0.0544 e. The van der Waals surface area contributed by atoms with Crippen molar-refractivity contribution < 1.29 is 4.74 Å². The van der Waals surface area contributed by atoms with Gasteiger partial charge >= 0.3 is 0 Å². The third kappa shape index (κ3) is 23.5. The van der Waals surface area contributed by atoms with Gasteiger partial charge in [0.05, 0.1) is 13.2 Å². The molecule has 0 unspecified atom stereocenters. The molecule has 0 radical (unpaired) electrons. The van der Waals surface area contributed by atoms with Crippen molar-refractivity contribution in [1.29, 1.82) is 0 Å². The highest BCUT2D eigenvalue weighted by Crippen LogP contribution is 2.59. The van der Waals surface area contributed by atoms with E-state index in [0.29, 0.717) is 5.41 Å². The normalized spacial score (nSPS) is 33.1. The third-order valence-corrected chi connectivity index (χ3v) is 38.2. The number of rotatable bonds is 0. The monoisotopic (exact) mass is 1540 g/mol. The average Bonchev–Trinajstić information content (AvgIpc) is 1.21. The molecule has 10 heterocycles. The zero-order chi connectivity index (χ0) is 75.6. The molecule has 0 aromatic carbocycles. The Balaban J connectivity index is 0.0000000948. The topological polar surface area (TPSA) is 118 Å². The standard InChI is InChI=1S/C9H16.2C8H15N.2C8H14.4C7H13N.C7H12O.C7H12.3C6H11N/c1-2-5-9(6-3-1)7-4-8-9;1-3-8(4-1)5-2-6-9-7-8;1-2-4-8(5-3-1)6-9-7-8;1-2-5-8(4-1)6-3-7-8;1-2-4-8(5-3-1)6-7-8;5*1-2-4-7(3-1)5-8-6-7;1-2-4-7(3-1)5-6-7;3*1-2-6(3-1)4-7-5-6/h1-8H2;2*9H,1-7H2;2*1-7H2;4*8H,1-6H2;1-6H2;1-6H2;3*7H,1-5H2. The van der Waals surface area contributed by atoms with Gasteiger partial charge in [-0.15, -0.1) is 0 Å². The molecule has 638 valence electrons. The molecule has 0 amide bonds. The maximum absolute atomic E-state index is 5.16. The first-order valence-corrected chi connectivity index (χ1v) is 51.2. The largest absolute Gasteiger partial charge is 0.380 e. The molecule has 0 atom stereocenters. The minimum absolute atomic E-state index is 0.694. The van der Waals surface area contributed by atoms with Crippen LogP contribution in [0.4, 0.5) is 0 Å². The predicted octanol–water partition coefficient (Wildman–Crippen LogP) is 22.5. The minimum atomic E-state index is 0.694. The molecular weight excluding hydrogens is 1360 g/mol. The Kier molecular flexibility index (Phi) is 30.6. The lowest BCUT2D eigenvalue weighted by Crippen LogP contribution is -2.57.